The van der Waals surface area contributed by atoms with E-state index in [1.54, 1.807) is 24.3 Å². The smallest absolute Gasteiger partial charge is 0.236 e. The molecule has 6 N–H and O–H groups in total. The largest absolute Gasteiger partial charge is 0.384 e. The Morgan fingerprint density at radius 3 is 2.17 bits per heavy atom. The van der Waals surface area contributed by atoms with E-state index in [0.717, 1.165) is 5.56 Å². The number of rotatable bonds is 7. The van der Waals surface area contributed by atoms with Gasteiger partial charge in [0.2, 0.25) is 11.8 Å². The third kappa shape index (κ3) is 4.67. The lowest BCUT2D eigenvalue weighted by molar-refractivity contribution is -0.130. The number of nitrogen functional groups attached to an aromatic ring is 1. The number of benzene rings is 2. The van der Waals surface area contributed by atoms with E-state index in [-0.39, 0.29) is 5.84 Å². The van der Waals surface area contributed by atoms with Crippen LogP contribution in [0.1, 0.15) is 17.5 Å². The molecular formula is C18H20N4O2. The minimum absolute atomic E-state index is 0.0502. The fraction of sp³-hybridized carbons (Fsp3) is 0.167. The second-order valence-corrected chi connectivity index (χ2v) is 5.46. The topological polar surface area (TPSA) is 122 Å². The first-order valence-electron chi connectivity index (χ1n) is 7.56. The standard InChI is InChI=1S/C18H20N4O2/c19-16(20)13-7-9-14(10-8-13)22-18(24)15(17(21)23)11-6-12-4-2-1-3-5-12/h1-5,7-10,15H,6,11H2,(H3,19,20)(H2,21,23)(H,22,24). The quantitative estimate of drug-likeness (QED) is 0.352. The Labute approximate surface area is 140 Å². The molecule has 2 aromatic rings. The van der Waals surface area contributed by atoms with Crippen molar-refractivity contribution < 1.29 is 9.59 Å². The number of hydrogen-bond donors (Lipinski definition) is 4. The molecule has 2 aromatic carbocycles. The Balaban J connectivity index is 2.00. The molecular weight excluding hydrogens is 304 g/mol. The summed E-state index contributed by atoms with van der Waals surface area (Å²) in [5.74, 6) is -2.04. The average molecular weight is 324 g/mol. The van der Waals surface area contributed by atoms with Gasteiger partial charge in [0.25, 0.3) is 0 Å². The van der Waals surface area contributed by atoms with Crippen LogP contribution in [0.5, 0.6) is 0 Å². The molecule has 1 atom stereocenters. The van der Waals surface area contributed by atoms with E-state index in [0.29, 0.717) is 24.1 Å². The van der Waals surface area contributed by atoms with Crippen LogP contribution >= 0.6 is 0 Å². The van der Waals surface area contributed by atoms with Crippen LogP contribution < -0.4 is 16.8 Å². The highest BCUT2D eigenvalue weighted by atomic mass is 16.2. The van der Waals surface area contributed by atoms with Gasteiger partial charge in [0, 0.05) is 11.3 Å². The Morgan fingerprint density at radius 1 is 1.00 bits per heavy atom. The summed E-state index contributed by atoms with van der Waals surface area (Å²) in [6.07, 6.45) is 0.932. The van der Waals surface area contributed by atoms with E-state index in [9.17, 15) is 9.59 Å². The summed E-state index contributed by atoms with van der Waals surface area (Å²) in [7, 11) is 0. The zero-order valence-electron chi connectivity index (χ0n) is 13.2. The monoisotopic (exact) mass is 324 g/mol. The first-order chi connectivity index (χ1) is 11.5. The molecule has 0 radical (unpaired) electrons. The molecule has 0 heterocycles. The molecule has 0 aromatic heterocycles. The molecule has 0 aliphatic rings. The van der Waals surface area contributed by atoms with Crippen LogP contribution in [0.3, 0.4) is 0 Å². The summed E-state index contributed by atoms with van der Waals surface area (Å²) in [6, 6.07) is 16.1. The first kappa shape index (κ1) is 17.2. The zero-order chi connectivity index (χ0) is 17.5. The fourth-order valence-electron chi connectivity index (χ4n) is 2.32. The molecule has 2 rings (SSSR count). The van der Waals surface area contributed by atoms with Crippen LogP contribution in [-0.2, 0) is 16.0 Å². The maximum absolute atomic E-state index is 12.3. The number of carbonyl (C=O) groups excluding carboxylic acids is 2. The molecule has 0 bridgehead atoms. The summed E-state index contributed by atoms with van der Waals surface area (Å²) in [5, 5.41) is 10.0. The summed E-state index contributed by atoms with van der Waals surface area (Å²) < 4.78 is 0. The third-order valence-corrected chi connectivity index (χ3v) is 3.69. The number of amides is 2. The Bertz CT molecular complexity index is 726. The molecule has 0 spiro atoms. The number of anilines is 1. The number of amidine groups is 1. The normalized spacial score (nSPS) is 11.5. The highest BCUT2D eigenvalue weighted by Crippen LogP contribution is 2.14. The van der Waals surface area contributed by atoms with Gasteiger partial charge in [-0.25, -0.2) is 0 Å². The van der Waals surface area contributed by atoms with Gasteiger partial charge in [-0.2, -0.15) is 0 Å². The van der Waals surface area contributed by atoms with Gasteiger partial charge >= 0.3 is 0 Å². The van der Waals surface area contributed by atoms with Crippen LogP contribution in [0.15, 0.2) is 54.6 Å². The van der Waals surface area contributed by atoms with Gasteiger partial charge in [0.05, 0.1) is 0 Å². The summed E-state index contributed by atoms with van der Waals surface area (Å²) in [4.78, 5) is 23.9. The second-order valence-electron chi connectivity index (χ2n) is 5.46. The number of hydrogen-bond acceptors (Lipinski definition) is 3. The predicted molar refractivity (Wildman–Crippen MR) is 93.5 cm³/mol. The number of aryl methyl sites for hydroxylation is 1. The summed E-state index contributed by atoms with van der Waals surface area (Å²) >= 11 is 0. The average Bonchev–Trinajstić information content (AvgIpc) is 2.56. The lowest BCUT2D eigenvalue weighted by Gasteiger charge is -2.14. The van der Waals surface area contributed by atoms with Gasteiger partial charge in [-0.3, -0.25) is 15.0 Å². The van der Waals surface area contributed by atoms with Crippen molar-refractivity contribution in [1.82, 2.24) is 0 Å². The number of nitrogens with two attached hydrogens (primary N) is 2. The van der Waals surface area contributed by atoms with Crippen LogP contribution in [0, 0.1) is 11.3 Å². The number of carbonyl (C=O) groups is 2. The van der Waals surface area contributed by atoms with Crippen molar-refractivity contribution in [1.29, 1.82) is 5.41 Å². The third-order valence-electron chi connectivity index (χ3n) is 3.69. The predicted octanol–water partition coefficient (Wildman–Crippen LogP) is 1.64. The molecule has 0 saturated carbocycles. The molecule has 0 aliphatic heterocycles. The lowest BCUT2D eigenvalue weighted by atomic mass is 9.98. The van der Waals surface area contributed by atoms with Gasteiger partial charge in [-0.05, 0) is 42.7 Å². The van der Waals surface area contributed by atoms with Crippen molar-refractivity contribution in [2.45, 2.75) is 12.8 Å². The molecule has 0 saturated heterocycles. The van der Waals surface area contributed by atoms with Crippen LogP contribution in [0.4, 0.5) is 5.69 Å². The molecule has 1 unspecified atom stereocenters. The van der Waals surface area contributed by atoms with E-state index < -0.39 is 17.7 Å². The first-order valence-corrected chi connectivity index (χ1v) is 7.56. The maximum atomic E-state index is 12.3. The molecule has 0 aliphatic carbocycles. The van der Waals surface area contributed by atoms with Gasteiger partial charge in [-0.1, -0.05) is 30.3 Å². The van der Waals surface area contributed by atoms with Gasteiger partial charge in [0.1, 0.15) is 11.8 Å². The zero-order valence-corrected chi connectivity index (χ0v) is 13.2. The lowest BCUT2D eigenvalue weighted by Crippen LogP contribution is -2.34. The minimum atomic E-state index is -0.905. The SMILES string of the molecule is N=C(N)c1ccc(NC(=O)C(CCc2ccccc2)C(N)=O)cc1. The summed E-state index contributed by atoms with van der Waals surface area (Å²) in [5.41, 5.74) is 12.9. The van der Waals surface area contributed by atoms with E-state index in [4.69, 9.17) is 16.9 Å². The molecule has 2 amide bonds. The number of nitrogens with one attached hydrogen (secondary N) is 2. The van der Waals surface area contributed by atoms with E-state index in [1.165, 1.54) is 0 Å². The van der Waals surface area contributed by atoms with Gasteiger partial charge < -0.3 is 16.8 Å². The Morgan fingerprint density at radius 2 is 1.62 bits per heavy atom. The minimum Gasteiger partial charge on any atom is -0.384 e. The van der Waals surface area contributed by atoms with Gasteiger partial charge in [-0.15, -0.1) is 0 Å². The van der Waals surface area contributed by atoms with Crippen LogP contribution in [0.2, 0.25) is 0 Å². The Kier molecular flexibility index (Phi) is 5.68. The van der Waals surface area contributed by atoms with Crippen molar-refractivity contribution in [3.63, 3.8) is 0 Å². The van der Waals surface area contributed by atoms with E-state index >= 15 is 0 Å². The van der Waals surface area contributed by atoms with Gasteiger partial charge in [0.15, 0.2) is 0 Å². The number of primary amides is 1. The highest BCUT2D eigenvalue weighted by molar-refractivity contribution is 6.06. The van der Waals surface area contributed by atoms with Crippen LogP contribution in [-0.4, -0.2) is 17.6 Å². The second kappa shape index (κ2) is 7.92. The molecule has 124 valence electrons. The summed E-state index contributed by atoms with van der Waals surface area (Å²) in [6.45, 7) is 0. The van der Waals surface area contributed by atoms with E-state index in [1.807, 2.05) is 30.3 Å². The van der Waals surface area contributed by atoms with Crippen LogP contribution in [0.25, 0.3) is 0 Å². The van der Waals surface area contributed by atoms with Crippen molar-refractivity contribution >= 4 is 23.3 Å². The maximum Gasteiger partial charge on any atom is 0.236 e. The van der Waals surface area contributed by atoms with Crippen molar-refractivity contribution in [2.24, 2.45) is 17.4 Å². The van der Waals surface area contributed by atoms with E-state index in [2.05, 4.69) is 5.32 Å². The van der Waals surface area contributed by atoms with Crippen molar-refractivity contribution in [3.05, 3.63) is 65.7 Å². The van der Waals surface area contributed by atoms with Crippen molar-refractivity contribution in [2.75, 3.05) is 5.32 Å². The molecule has 6 heteroatoms. The molecule has 24 heavy (non-hydrogen) atoms. The fourth-order valence-corrected chi connectivity index (χ4v) is 2.32. The van der Waals surface area contributed by atoms with Crippen molar-refractivity contribution in [3.8, 4) is 0 Å². The molecule has 6 nitrogen and oxygen atoms in total. The highest BCUT2D eigenvalue weighted by Gasteiger charge is 2.24. The molecule has 0 fully saturated rings. The Hall–Kier alpha value is -3.15.